The number of hydrogen-bond acceptors (Lipinski definition) is 9. The summed E-state index contributed by atoms with van der Waals surface area (Å²) in [4.78, 5) is 16.9. The molecular weight excluding hydrogens is 620 g/mol. The Hall–Kier alpha value is -4.00. The second kappa shape index (κ2) is 13.6. The summed E-state index contributed by atoms with van der Waals surface area (Å²) in [5.41, 5.74) is 6.38. The number of nitrogens with two attached hydrogens (primary N) is 1. The van der Waals surface area contributed by atoms with Gasteiger partial charge in [-0.05, 0) is 65.1 Å². The minimum atomic E-state index is -2.51. The molecule has 2 heterocycles. The van der Waals surface area contributed by atoms with Crippen molar-refractivity contribution in [3.63, 3.8) is 0 Å². The molecule has 1 saturated heterocycles. The number of benzene rings is 3. The lowest BCUT2D eigenvalue weighted by Crippen LogP contribution is -2.49. The van der Waals surface area contributed by atoms with E-state index in [2.05, 4.69) is 38.8 Å². The number of rotatable bonds is 11. The number of ether oxygens (including phenoxy) is 4. The highest BCUT2D eigenvalue weighted by atomic mass is 28.4. The molecule has 11 heteroatoms. The summed E-state index contributed by atoms with van der Waals surface area (Å²) in [5.74, 6) is 1.19. The van der Waals surface area contributed by atoms with Crippen molar-refractivity contribution >= 4 is 14.1 Å². The normalized spacial score (nSPS) is 20.6. The third kappa shape index (κ3) is 6.86. The number of aromatic nitrogens is 2. The minimum absolute atomic E-state index is 0.0904. The Bertz CT molecular complexity index is 1700. The van der Waals surface area contributed by atoms with Crippen LogP contribution in [-0.4, -0.2) is 62.1 Å². The first-order valence-electron chi connectivity index (χ1n) is 16.1. The van der Waals surface area contributed by atoms with Gasteiger partial charge in [-0.3, -0.25) is 4.57 Å². The van der Waals surface area contributed by atoms with Crippen LogP contribution in [-0.2, 0) is 19.5 Å². The zero-order valence-electron chi connectivity index (χ0n) is 29.0. The lowest BCUT2D eigenvalue weighted by atomic mass is 9.80. The van der Waals surface area contributed by atoms with E-state index >= 15 is 0 Å². The molecule has 4 aromatic rings. The van der Waals surface area contributed by atoms with E-state index < -0.39 is 44.1 Å². The molecule has 5 rings (SSSR count). The molecule has 3 N–H and O–H groups in total. The average molecular weight is 667 g/mol. The van der Waals surface area contributed by atoms with Crippen molar-refractivity contribution in [3.8, 4) is 11.5 Å². The van der Waals surface area contributed by atoms with Crippen molar-refractivity contribution in [2.75, 3.05) is 26.6 Å². The summed E-state index contributed by atoms with van der Waals surface area (Å²) in [6, 6.07) is 25.0. The minimum Gasteiger partial charge on any atom is -0.497 e. The van der Waals surface area contributed by atoms with Crippen LogP contribution in [0.4, 0.5) is 5.82 Å². The summed E-state index contributed by atoms with van der Waals surface area (Å²) in [6.07, 6.45) is -2.88. The SMILES string of the molecule is [2H]c1cn([13C@@H]2O[13C@H]([13CH2]OC(c3ccccc3)(c3ccc(OC)cc3)c3ccc(OC)cc3)[13C@@H](O)[13C@H]2O[Si](C)(C)C(C)(C)C)c(=O)nc1[15NH2]. The molecule has 250 valence electrons. The highest BCUT2D eigenvalue weighted by Crippen LogP contribution is 2.45. The molecular formula is C36H45N3O7Si. The van der Waals surface area contributed by atoms with Crippen molar-refractivity contribution in [2.45, 2.75) is 69.0 Å². The number of nitrogen functional groups attached to an aromatic ring is 1. The maximum atomic E-state index is 13.1. The molecule has 4 atom stereocenters. The first-order valence-corrected chi connectivity index (χ1v) is 18.5. The van der Waals surface area contributed by atoms with Gasteiger partial charge in [-0.25, -0.2) is 4.79 Å². The molecule has 0 unspecified atom stereocenters. The molecule has 0 amide bonds. The van der Waals surface area contributed by atoms with E-state index in [0.29, 0.717) is 11.5 Å². The lowest BCUT2D eigenvalue weighted by molar-refractivity contribution is -0.0956. The second-order valence-corrected chi connectivity index (χ2v) is 17.9. The van der Waals surface area contributed by atoms with Crippen LogP contribution in [0.5, 0.6) is 11.5 Å². The molecule has 47 heavy (non-hydrogen) atoms. The molecule has 10 nitrogen and oxygen atoms in total. The molecule has 0 radical (unpaired) electrons. The topological polar surface area (TPSA) is 127 Å². The van der Waals surface area contributed by atoms with E-state index in [9.17, 15) is 9.90 Å². The zero-order valence-corrected chi connectivity index (χ0v) is 29.0. The number of hydrogen-bond donors (Lipinski definition) is 2. The Morgan fingerprint density at radius 2 is 1.47 bits per heavy atom. The van der Waals surface area contributed by atoms with E-state index in [4.69, 9.17) is 30.5 Å². The maximum Gasteiger partial charge on any atom is 0.351 e. The van der Waals surface area contributed by atoms with Gasteiger partial charge < -0.3 is 34.2 Å². The van der Waals surface area contributed by atoms with Crippen LogP contribution in [0.1, 0.15) is 45.1 Å². The van der Waals surface area contributed by atoms with Gasteiger partial charge >= 0.3 is 5.69 Å². The smallest absolute Gasteiger partial charge is 0.351 e. The molecule has 3 aromatic carbocycles. The Kier molecular flexibility index (Phi) is 9.54. The third-order valence-electron chi connectivity index (χ3n) is 9.25. The Morgan fingerprint density at radius 3 is 1.98 bits per heavy atom. The van der Waals surface area contributed by atoms with Gasteiger partial charge in [0, 0.05) is 6.20 Å². The third-order valence-corrected chi connectivity index (χ3v) is 13.7. The maximum absolute atomic E-state index is 13.1. The molecule has 1 aliphatic rings. The van der Waals surface area contributed by atoms with Crippen molar-refractivity contribution in [3.05, 3.63) is 118 Å². The van der Waals surface area contributed by atoms with Crippen molar-refractivity contribution in [2.24, 2.45) is 0 Å². The van der Waals surface area contributed by atoms with Gasteiger partial charge in [0.15, 0.2) is 14.5 Å². The standard InChI is InChI=1S/C36H45N3O7Si/c1-35(2,3)47(6,7)46-32-31(40)29(45-33(32)39-22-21-30(37)38-34(39)41)23-44-36(24-11-9-8-10-12-24,25-13-17-27(42-4)18-14-25)26-15-19-28(43-5)20-16-26/h8-22,29,31-33,40H,23H2,1-7H3,(H2,37,38,41)/t29-,31-,32-,33-/m1/s1/i21D,23+1,29+1,31+1,32+1,33+1,37+1. The summed E-state index contributed by atoms with van der Waals surface area (Å²) in [7, 11) is 0.722. The van der Waals surface area contributed by atoms with Crippen molar-refractivity contribution in [1.82, 2.24) is 9.55 Å². The predicted molar refractivity (Wildman–Crippen MR) is 183 cm³/mol. The van der Waals surface area contributed by atoms with Gasteiger partial charge in [0.05, 0.1) is 22.2 Å². The average Bonchev–Trinajstić information content (AvgIpc) is 3.37. The van der Waals surface area contributed by atoms with Crippen LogP contribution in [0, 0.1) is 0 Å². The van der Waals surface area contributed by atoms with E-state index in [-0.39, 0.29) is 23.5 Å². The first kappa shape index (κ1) is 32.9. The lowest BCUT2D eigenvalue weighted by Gasteiger charge is -2.40. The molecule has 1 fully saturated rings. The van der Waals surface area contributed by atoms with Gasteiger partial charge in [0.1, 0.15) is 41.2 Å². The number of aliphatic hydroxyl groups excluding tert-OH is 1. The van der Waals surface area contributed by atoms with E-state index in [1.807, 2.05) is 78.9 Å². The van der Waals surface area contributed by atoms with Gasteiger partial charge in [-0.2, -0.15) is 4.98 Å². The molecule has 0 aliphatic carbocycles. The van der Waals surface area contributed by atoms with Gasteiger partial charge in [-0.15, -0.1) is 0 Å². The zero-order chi connectivity index (χ0) is 34.9. The highest BCUT2D eigenvalue weighted by molar-refractivity contribution is 6.74. The Labute approximate surface area is 278 Å². The highest BCUT2D eigenvalue weighted by Gasteiger charge is 2.51. The molecule has 0 spiro atoms. The fourth-order valence-electron chi connectivity index (χ4n) is 5.57. The van der Waals surface area contributed by atoms with Crippen LogP contribution in [0.25, 0.3) is 0 Å². The largest absolute Gasteiger partial charge is 0.497 e. The Morgan fingerprint density at radius 1 is 0.936 bits per heavy atom. The van der Waals surface area contributed by atoms with Crippen molar-refractivity contribution < 1.29 is 29.9 Å². The molecule has 1 aromatic heterocycles. The number of nitrogens with zero attached hydrogens (tertiary/aromatic N) is 2. The molecule has 0 saturated carbocycles. The van der Waals surface area contributed by atoms with Crippen molar-refractivity contribution in [1.29, 1.82) is 0 Å². The molecule has 1 aliphatic heterocycles. The van der Waals surface area contributed by atoms with Gasteiger partial charge in [0.25, 0.3) is 0 Å². The predicted octanol–water partition coefficient (Wildman–Crippen LogP) is 5.50. The van der Waals surface area contributed by atoms with Crippen LogP contribution in [0.3, 0.4) is 0 Å². The number of anilines is 1. The van der Waals surface area contributed by atoms with Gasteiger partial charge in [0.2, 0.25) is 0 Å². The number of methoxy groups -OCH3 is 2. The fraction of sp³-hybridized carbons (Fsp3) is 0.389. The summed E-state index contributed by atoms with van der Waals surface area (Å²) >= 11 is 0. The van der Waals surface area contributed by atoms with Crippen LogP contribution in [0.2, 0.25) is 18.1 Å². The number of aliphatic hydroxyl groups is 1. The quantitative estimate of drug-likeness (QED) is 0.0924. The van der Waals surface area contributed by atoms with Crippen LogP contribution >= 0.6 is 0 Å². The van der Waals surface area contributed by atoms with Crippen LogP contribution < -0.4 is 20.9 Å². The van der Waals surface area contributed by atoms with E-state index in [1.54, 1.807) is 14.2 Å². The monoisotopic (exact) mass is 666 g/mol. The van der Waals surface area contributed by atoms with Gasteiger partial charge in [-0.1, -0.05) is 75.4 Å². The van der Waals surface area contributed by atoms with E-state index in [0.717, 1.165) is 16.7 Å². The molecule has 0 bridgehead atoms. The summed E-state index contributed by atoms with van der Waals surface area (Å²) in [6.45, 7) is 10.3. The summed E-state index contributed by atoms with van der Waals surface area (Å²) < 4.78 is 40.5. The Balaban J connectivity index is 1.60. The first-order chi connectivity index (χ1) is 22.7. The van der Waals surface area contributed by atoms with Crippen LogP contribution in [0.15, 0.2) is 95.9 Å². The van der Waals surface area contributed by atoms with E-state index in [1.165, 1.54) is 10.8 Å². The summed E-state index contributed by atoms with van der Waals surface area (Å²) in [5, 5.41) is 11.7. The fourth-order valence-corrected chi connectivity index (χ4v) is 6.86. The second-order valence-electron chi connectivity index (χ2n) is 13.2.